The molecule has 0 bridgehead atoms. The average Bonchev–Trinajstić information content (AvgIpc) is 2.65. The smallest absolute Gasteiger partial charge is 0.222 e. The minimum atomic E-state index is 0.307. The lowest BCUT2D eigenvalue weighted by atomic mass is 10.2. The zero-order chi connectivity index (χ0) is 8.43. The van der Waals surface area contributed by atoms with E-state index in [-0.39, 0.29) is 0 Å². The molecule has 2 heteroatoms. The zero-order valence-corrected chi connectivity index (χ0v) is 7.63. The number of amides is 1. The molecule has 2 nitrogen and oxygen atoms in total. The number of carbonyl (C=O) groups is 1. The van der Waals surface area contributed by atoms with E-state index in [1.807, 2.05) is 14.0 Å². The SMILES string of the molecule is CCN(C)C(=O)CC1CC1C. The van der Waals surface area contributed by atoms with Crippen LogP contribution in [0.3, 0.4) is 0 Å². The summed E-state index contributed by atoms with van der Waals surface area (Å²) in [6.07, 6.45) is 2.02. The van der Waals surface area contributed by atoms with Crippen molar-refractivity contribution in [2.45, 2.75) is 26.7 Å². The molecule has 1 aliphatic carbocycles. The average molecular weight is 155 g/mol. The third-order valence-corrected chi connectivity index (χ3v) is 2.61. The van der Waals surface area contributed by atoms with Gasteiger partial charge in [-0.1, -0.05) is 6.92 Å². The van der Waals surface area contributed by atoms with Gasteiger partial charge in [-0.05, 0) is 25.2 Å². The first kappa shape index (κ1) is 8.57. The van der Waals surface area contributed by atoms with Crippen LogP contribution in [-0.2, 0) is 4.79 Å². The molecule has 0 saturated heterocycles. The highest BCUT2D eigenvalue weighted by Crippen LogP contribution is 2.40. The van der Waals surface area contributed by atoms with E-state index in [1.54, 1.807) is 4.90 Å². The minimum Gasteiger partial charge on any atom is -0.346 e. The summed E-state index contributed by atoms with van der Waals surface area (Å²) < 4.78 is 0. The monoisotopic (exact) mass is 155 g/mol. The first-order valence-electron chi connectivity index (χ1n) is 4.39. The standard InChI is InChI=1S/C9H17NO/c1-4-10(3)9(11)6-8-5-7(8)2/h7-8H,4-6H2,1-3H3. The Kier molecular flexibility index (Phi) is 2.53. The van der Waals surface area contributed by atoms with Crippen LogP contribution in [0.4, 0.5) is 0 Å². The van der Waals surface area contributed by atoms with E-state index in [2.05, 4.69) is 6.92 Å². The van der Waals surface area contributed by atoms with Gasteiger partial charge in [0.25, 0.3) is 0 Å². The lowest BCUT2D eigenvalue weighted by molar-refractivity contribution is -0.130. The van der Waals surface area contributed by atoms with Crippen molar-refractivity contribution in [3.63, 3.8) is 0 Å². The summed E-state index contributed by atoms with van der Waals surface area (Å²) in [5.41, 5.74) is 0. The van der Waals surface area contributed by atoms with Crippen molar-refractivity contribution in [3.8, 4) is 0 Å². The van der Waals surface area contributed by atoms with Crippen LogP contribution < -0.4 is 0 Å². The van der Waals surface area contributed by atoms with E-state index >= 15 is 0 Å². The quantitative estimate of drug-likeness (QED) is 0.605. The van der Waals surface area contributed by atoms with Crippen molar-refractivity contribution in [2.24, 2.45) is 11.8 Å². The molecule has 0 heterocycles. The molecule has 11 heavy (non-hydrogen) atoms. The second-order valence-electron chi connectivity index (χ2n) is 3.59. The van der Waals surface area contributed by atoms with Gasteiger partial charge in [-0.25, -0.2) is 0 Å². The van der Waals surface area contributed by atoms with E-state index < -0.39 is 0 Å². The van der Waals surface area contributed by atoms with Gasteiger partial charge in [-0.15, -0.1) is 0 Å². The van der Waals surface area contributed by atoms with Gasteiger partial charge in [0.1, 0.15) is 0 Å². The zero-order valence-electron chi connectivity index (χ0n) is 7.63. The molecule has 0 aliphatic heterocycles. The number of hydrogen-bond acceptors (Lipinski definition) is 1. The summed E-state index contributed by atoms with van der Waals surface area (Å²) >= 11 is 0. The van der Waals surface area contributed by atoms with Crippen molar-refractivity contribution in [2.75, 3.05) is 13.6 Å². The molecule has 0 radical (unpaired) electrons. The maximum Gasteiger partial charge on any atom is 0.222 e. The molecule has 1 rings (SSSR count). The Labute approximate surface area is 68.6 Å². The fraction of sp³-hybridized carbons (Fsp3) is 0.889. The van der Waals surface area contributed by atoms with Crippen LogP contribution in [0, 0.1) is 11.8 Å². The molecule has 0 spiro atoms. The summed E-state index contributed by atoms with van der Waals surface area (Å²) in [5.74, 6) is 1.79. The molecule has 0 aromatic carbocycles. The molecular formula is C9H17NO. The first-order valence-corrected chi connectivity index (χ1v) is 4.39. The Morgan fingerprint density at radius 3 is 2.55 bits per heavy atom. The third kappa shape index (κ3) is 2.21. The summed E-state index contributed by atoms with van der Waals surface area (Å²) in [4.78, 5) is 13.1. The molecule has 0 N–H and O–H groups in total. The van der Waals surface area contributed by atoms with E-state index in [1.165, 1.54) is 6.42 Å². The summed E-state index contributed by atoms with van der Waals surface area (Å²) in [7, 11) is 1.87. The Balaban J connectivity index is 2.21. The highest BCUT2D eigenvalue weighted by Gasteiger charge is 2.34. The lowest BCUT2D eigenvalue weighted by Crippen LogP contribution is -2.26. The van der Waals surface area contributed by atoms with E-state index in [0.29, 0.717) is 11.8 Å². The Morgan fingerprint density at radius 2 is 2.18 bits per heavy atom. The van der Waals surface area contributed by atoms with Crippen molar-refractivity contribution < 1.29 is 4.79 Å². The fourth-order valence-electron chi connectivity index (χ4n) is 1.24. The van der Waals surface area contributed by atoms with Crippen LogP contribution in [0.2, 0.25) is 0 Å². The maximum atomic E-state index is 11.3. The molecule has 64 valence electrons. The van der Waals surface area contributed by atoms with Crippen LogP contribution >= 0.6 is 0 Å². The van der Waals surface area contributed by atoms with Gasteiger partial charge in [0.15, 0.2) is 0 Å². The molecule has 2 atom stereocenters. The van der Waals surface area contributed by atoms with Gasteiger partial charge >= 0.3 is 0 Å². The molecular weight excluding hydrogens is 138 g/mol. The van der Waals surface area contributed by atoms with Crippen LogP contribution in [0.1, 0.15) is 26.7 Å². The number of rotatable bonds is 3. The minimum absolute atomic E-state index is 0.307. The molecule has 1 fully saturated rings. The van der Waals surface area contributed by atoms with E-state index in [4.69, 9.17) is 0 Å². The van der Waals surface area contributed by atoms with Crippen molar-refractivity contribution in [1.29, 1.82) is 0 Å². The van der Waals surface area contributed by atoms with Crippen LogP contribution in [-0.4, -0.2) is 24.4 Å². The van der Waals surface area contributed by atoms with Gasteiger partial charge in [-0.3, -0.25) is 4.79 Å². The van der Waals surface area contributed by atoms with Gasteiger partial charge < -0.3 is 4.90 Å². The van der Waals surface area contributed by atoms with Gasteiger partial charge in [0.05, 0.1) is 0 Å². The molecule has 1 aliphatic rings. The van der Waals surface area contributed by atoms with Crippen LogP contribution in [0.15, 0.2) is 0 Å². The summed E-state index contributed by atoms with van der Waals surface area (Å²) in [6.45, 7) is 5.05. The topological polar surface area (TPSA) is 20.3 Å². The van der Waals surface area contributed by atoms with E-state index in [9.17, 15) is 4.79 Å². The Hall–Kier alpha value is -0.530. The second-order valence-corrected chi connectivity index (χ2v) is 3.59. The number of carbonyl (C=O) groups excluding carboxylic acids is 1. The number of nitrogens with zero attached hydrogens (tertiary/aromatic N) is 1. The highest BCUT2D eigenvalue weighted by atomic mass is 16.2. The van der Waals surface area contributed by atoms with Crippen LogP contribution in [0.25, 0.3) is 0 Å². The molecule has 2 unspecified atom stereocenters. The van der Waals surface area contributed by atoms with Gasteiger partial charge in [0, 0.05) is 20.0 Å². The maximum absolute atomic E-state index is 11.3. The van der Waals surface area contributed by atoms with Gasteiger partial charge in [0.2, 0.25) is 5.91 Å². The largest absolute Gasteiger partial charge is 0.346 e. The predicted octanol–water partition coefficient (Wildman–Crippen LogP) is 1.51. The fourth-order valence-corrected chi connectivity index (χ4v) is 1.24. The molecule has 1 amide bonds. The summed E-state index contributed by atoms with van der Waals surface area (Å²) in [6, 6.07) is 0. The number of hydrogen-bond donors (Lipinski definition) is 0. The normalized spacial score (nSPS) is 28.3. The van der Waals surface area contributed by atoms with Crippen molar-refractivity contribution in [3.05, 3.63) is 0 Å². The Morgan fingerprint density at radius 1 is 1.64 bits per heavy atom. The predicted molar refractivity (Wildman–Crippen MR) is 45.2 cm³/mol. The third-order valence-electron chi connectivity index (χ3n) is 2.61. The molecule has 0 aromatic heterocycles. The first-order chi connectivity index (χ1) is 5.15. The lowest BCUT2D eigenvalue weighted by Gasteiger charge is -2.13. The molecule has 0 aromatic rings. The van der Waals surface area contributed by atoms with Crippen LogP contribution in [0.5, 0.6) is 0 Å². The summed E-state index contributed by atoms with van der Waals surface area (Å²) in [5, 5.41) is 0. The molecule has 1 saturated carbocycles. The van der Waals surface area contributed by atoms with Gasteiger partial charge in [-0.2, -0.15) is 0 Å². The Bertz CT molecular complexity index is 156. The second kappa shape index (κ2) is 3.24. The van der Waals surface area contributed by atoms with Crippen molar-refractivity contribution >= 4 is 5.91 Å². The highest BCUT2D eigenvalue weighted by molar-refractivity contribution is 5.76. The van der Waals surface area contributed by atoms with Crippen molar-refractivity contribution in [1.82, 2.24) is 4.90 Å². The van der Waals surface area contributed by atoms with E-state index in [0.717, 1.165) is 18.9 Å².